The van der Waals surface area contributed by atoms with Crippen molar-refractivity contribution in [3.8, 4) is 0 Å². The maximum absolute atomic E-state index is 11.6. The zero-order chi connectivity index (χ0) is 10.8. The first-order valence-electron chi connectivity index (χ1n) is 4.73. The molecule has 2 heterocycles. The minimum absolute atomic E-state index is 0.0512. The van der Waals surface area contributed by atoms with Crippen molar-refractivity contribution in [2.24, 2.45) is 0 Å². The second kappa shape index (κ2) is 3.72. The van der Waals surface area contributed by atoms with Gasteiger partial charge in [0.1, 0.15) is 6.04 Å². The Labute approximate surface area is 86.3 Å². The molecule has 1 aromatic rings. The minimum atomic E-state index is -0.279. The summed E-state index contributed by atoms with van der Waals surface area (Å²) in [6.45, 7) is 0.743. The summed E-state index contributed by atoms with van der Waals surface area (Å²) in [7, 11) is 1.76. The molecule has 80 valence electrons. The summed E-state index contributed by atoms with van der Waals surface area (Å²) in [5, 5.41) is 8.91. The molecule has 1 aliphatic heterocycles. The second-order valence-corrected chi connectivity index (χ2v) is 3.58. The van der Waals surface area contributed by atoms with E-state index in [9.17, 15) is 9.59 Å². The van der Waals surface area contributed by atoms with Crippen LogP contribution >= 0.6 is 0 Å². The van der Waals surface area contributed by atoms with Crippen LogP contribution < -0.4 is 10.9 Å². The number of aromatic nitrogens is 2. The maximum atomic E-state index is 11.6. The van der Waals surface area contributed by atoms with E-state index in [0.29, 0.717) is 5.69 Å². The summed E-state index contributed by atoms with van der Waals surface area (Å²) in [4.78, 5) is 24.2. The van der Waals surface area contributed by atoms with Crippen molar-refractivity contribution in [3.63, 3.8) is 0 Å². The van der Waals surface area contributed by atoms with Gasteiger partial charge in [0.05, 0.1) is 11.9 Å². The van der Waals surface area contributed by atoms with E-state index in [1.165, 1.54) is 12.3 Å². The number of nitrogens with one attached hydrogen (secondary N) is 2. The van der Waals surface area contributed by atoms with Crippen molar-refractivity contribution in [3.05, 3.63) is 22.6 Å². The van der Waals surface area contributed by atoms with Crippen molar-refractivity contribution in [1.82, 2.24) is 15.1 Å². The van der Waals surface area contributed by atoms with E-state index in [2.05, 4.69) is 15.5 Å². The summed E-state index contributed by atoms with van der Waals surface area (Å²) < 4.78 is 0. The van der Waals surface area contributed by atoms with Crippen molar-refractivity contribution in [1.29, 1.82) is 0 Å². The number of amides is 1. The van der Waals surface area contributed by atoms with Gasteiger partial charge in [-0.1, -0.05) is 0 Å². The van der Waals surface area contributed by atoms with Crippen LogP contribution in [0.15, 0.2) is 17.1 Å². The summed E-state index contributed by atoms with van der Waals surface area (Å²) >= 11 is 0. The van der Waals surface area contributed by atoms with E-state index in [1.807, 2.05) is 0 Å². The number of likely N-dealkylation sites (N-methyl/N-ethyl adjacent to an activating group) is 1. The topological polar surface area (TPSA) is 78.1 Å². The van der Waals surface area contributed by atoms with E-state index >= 15 is 0 Å². The fourth-order valence-electron chi connectivity index (χ4n) is 1.61. The Balaban J connectivity index is 2.10. The first-order valence-corrected chi connectivity index (χ1v) is 4.73. The summed E-state index contributed by atoms with van der Waals surface area (Å²) in [6, 6.07) is 1.15. The average molecular weight is 208 g/mol. The van der Waals surface area contributed by atoms with Gasteiger partial charge in [-0.3, -0.25) is 9.59 Å². The van der Waals surface area contributed by atoms with Crippen LogP contribution in [0.4, 0.5) is 5.69 Å². The molecular weight excluding hydrogens is 196 g/mol. The van der Waals surface area contributed by atoms with Crippen LogP contribution in [0.25, 0.3) is 0 Å². The number of likely N-dealkylation sites (tertiary alicyclic amines) is 1. The highest BCUT2D eigenvalue weighted by Crippen LogP contribution is 2.13. The van der Waals surface area contributed by atoms with Crippen molar-refractivity contribution >= 4 is 11.6 Å². The number of hydrogen-bond donors (Lipinski definition) is 2. The van der Waals surface area contributed by atoms with E-state index < -0.39 is 0 Å². The highest BCUT2D eigenvalue weighted by molar-refractivity contribution is 5.86. The minimum Gasteiger partial charge on any atom is -0.372 e. The lowest BCUT2D eigenvalue weighted by Crippen LogP contribution is -2.31. The summed E-state index contributed by atoms with van der Waals surface area (Å²) in [5.74, 6) is 0.0512. The number of anilines is 1. The van der Waals surface area contributed by atoms with Crippen molar-refractivity contribution in [2.45, 2.75) is 12.5 Å². The fraction of sp³-hybridized carbons (Fsp3) is 0.444. The Kier molecular flexibility index (Phi) is 2.40. The number of H-pyrrole nitrogens is 1. The molecule has 2 N–H and O–H groups in total. The third-order valence-corrected chi connectivity index (χ3v) is 2.43. The molecule has 1 fully saturated rings. The van der Waals surface area contributed by atoms with Crippen LogP contribution in [-0.4, -0.2) is 40.6 Å². The lowest BCUT2D eigenvalue weighted by molar-refractivity contribution is -0.127. The standard InChI is InChI=1S/C9H12N4O2/c1-13-3-2-7(9(13)15)11-6-4-8(14)12-10-5-6/h4-5,7H,2-3H2,1H3,(H2,11,12,14). The van der Waals surface area contributed by atoms with Gasteiger partial charge in [-0.2, -0.15) is 5.10 Å². The van der Waals surface area contributed by atoms with Crippen molar-refractivity contribution < 1.29 is 4.79 Å². The molecule has 0 saturated carbocycles. The van der Waals surface area contributed by atoms with Crippen LogP contribution in [0, 0.1) is 0 Å². The largest absolute Gasteiger partial charge is 0.372 e. The van der Waals surface area contributed by atoms with Gasteiger partial charge in [-0.15, -0.1) is 0 Å². The van der Waals surface area contributed by atoms with Crippen molar-refractivity contribution in [2.75, 3.05) is 18.9 Å². The number of nitrogens with zero attached hydrogens (tertiary/aromatic N) is 2. The quantitative estimate of drug-likeness (QED) is 0.681. The molecule has 6 heteroatoms. The zero-order valence-electron chi connectivity index (χ0n) is 8.36. The number of hydrogen-bond acceptors (Lipinski definition) is 4. The first kappa shape index (κ1) is 9.70. The lowest BCUT2D eigenvalue weighted by Gasteiger charge is -2.12. The van der Waals surface area contributed by atoms with Gasteiger partial charge in [0.15, 0.2) is 0 Å². The third kappa shape index (κ3) is 1.98. The first-order chi connectivity index (χ1) is 7.16. The van der Waals surface area contributed by atoms with E-state index in [-0.39, 0.29) is 17.5 Å². The Morgan fingerprint density at radius 1 is 1.60 bits per heavy atom. The monoisotopic (exact) mass is 208 g/mol. The number of rotatable bonds is 2. The van der Waals surface area contributed by atoms with E-state index in [1.54, 1.807) is 11.9 Å². The average Bonchev–Trinajstić information content (AvgIpc) is 2.50. The molecule has 2 rings (SSSR count). The van der Waals surface area contributed by atoms with E-state index in [4.69, 9.17) is 0 Å². The van der Waals surface area contributed by atoms with Gasteiger partial charge in [-0.05, 0) is 6.42 Å². The van der Waals surface area contributed by atoms with Crippen LogP contribution in [-0.2, 0) is 4.79 Å². The molecule has 0 aliphatic carbocycles. The molecule has 0 radical (unpaired) electrons. The predicted molar refractivity (Wildman–Crippen MR) is 54.5 cm³/mol. The van der Waals surface area contributed by atoms with Gasteiger partial charge < -0.3 is 10.2 Å². The lowest BCUT2D eigenvalue weighted by atomic mass is 10.2. The number of carbonyl (C=O) groups is 1. The Morgan fingerprint density at radius 2 is 2.40 bits per heavy atom. The molecule has 6 nitrogen and oxygen atoms in total. The number of carbonyl (C=O) groups excluding carboxylic acids is 1. The van der Waals surface area contributed by atoms with Crippen LogP contribution in [0.2, 0.25) is 0 Å². The second-order valence-electron chi connectivity index (χ2n) is 3.58. The Hall–Kier alpha value is -1.85. The molecular formula is C9H12N4O2. The SMILES string of the molecule is CN1CCC(Nc2cn[nH]c(=O)c2)C1=O. The predicted octanol–water partition coefficient (Wildman–Crippen LogP) is -0.588. The highest BCUT2D eigenvalue weighted by atomic mass is 16.2. The van der Waals surface area contributed by atoms with Gasteiger partial charge in [0.2, 0.25) is 5.91 Å². The van der Waals surface area contributed by atoms with Gasteiger partial charge in [0, 0.05) is 19.7 Å². The molecule has 1 unspecified atom stereocenters. The smallest absolute Gasteiger partial charge is 0.266 e. The van der Waals surface area contributed by atoms with Gasteiger partial charge >= 0.3 is 0 Å². The molecule has 0 spiro atoms. The Morgan fingerprint density at radius 3 is 3.00 bits per heavy atom. The molecule has 0 aromatic carbocycles. The number of aromatic amines is 1. The summed E-state index contributed by atoms with van der Waals surface area (Å²) in [6.07, 6.45) is 2.25. The molecule has 1 aliphatic rings. The van der Waals surface area contributed by atoms with E-state index in [0.717, 1.165) is 13.0 Å². The molecule has 1 aromatic heterocycles. The molecule has 1 amide bonds. The van der Waals surface area contributed by atoms with Gasteiger partial charge in [-0.25, -0.2) is 5.10 Å². The zero-order valence-corrected chi connectivity index (χ0v) is 8.36. The molecule has 1 atom stereocenters. The summed E-state index contributed by atoms with van der Waals surface area (Å²) in [5.41, 5.74) is 0.297. The van der Waals surface area contributed by atoms with Crippen LogP contribution in [0.5, 0.6) is 0 Å². The normalized spacial score (nSPS) is 20.7. The maximum Gasteiger partial charge on any atom is 0.266 e. The van der Waals surface area contributed by atoms with Gasteiger partial charge in [0.25, 0.3) is 5.56 Å². The Bertz CT molecular complexity index is 428. The highest BCUT2D eigenvalue weighted by Gasteiger charge is 2.28. The molecule has 15 heavy (non-hydrogen) atoms. The molecule has 0 bridgehead atoms. The molecule has 1 saturated heterocycles. The van der Waals surface area contributed by atoms with Crippen LogP contribution in [0.3, 0.4) is 0 Å². The van der Waals surface area contributed by atoms with Crippen LogP contribution in [0.1, 0.15) is 6.42 Å². The third-order valence-electron chi connectivity index (χ3n) is 2.43. The fourth-order valence-corrected chi connectivity index (χ4v) is 1.61.